The smallest absolute Gasteiger partial charge is 0.352 e. The van der Waals surface area contributed by atoms with Gasteiger partial charge in [-0.1, -0.05) is 11.6 Å². The van der Waals surface area contributed by atoms with Crippen LogP contribution in [0.25, 0.3) is 0 Å². The third kappa shape index (κ3) is 1.76. The quantitative estimate of drug-likeness (QED) is 0.792. The van der Waals surface area contributed by atoms with Gasteiger partial charge in [0.25, 0.3) is 0 Å². The lowest BCUT2D eigenvalue weighted by atomic mass is 10.4. The van der Waals surface area contributed by atoms with E-state index in [4.69, 9.17) is 16.7 Å². The van der Waals surface area contributed by atoms with Crippen molar-refractivity contribution in [3.63, 3.8) is 0 Å². The Morgan fingerprint density at radius 3 is 2.92 bits per heavy atom. The topological polar surface area (TPSA) is 42.2 Å². The summed E-state index contributed by atoms with van der Waals surface area (Å²) in [5, 5.41) is 8.91. The van der Waals surface area contributed by atoms with Gasteiger partial charge in [-0.15, -0.1) is 0 Å². The monoisotopic (exact) mass is 191 g/mol. The molecule has 1 N–H and O–H groups in total. The van der Waals surface area contributed by atoms with Crippen LogP contribution >= 0.6 is 11.6 Å². The van der Waals surface area contributed by atoms with Crippen LogP contribution in [-0.4, -0.2) is 22.3 Å². The summed E-state index contributed by atoms with van der Waals surface area (Å²) in [6.45, 7) is -0.584. The van der Waals surface area contributed by atoms with Crippen molar-refractivity contribution in [1.82, 2.24) is 4.57 Å². The number of aromatic carboxylic acids is 1. The Labute approximate surface area is 73.4 Å². The van der Waals surface area contributed by atoms with Crippen LogP contribution in [-0.2, 0) is 6.54 Å². The Hall–Kier alpha value is -1.03. The lowest BCUT2D eigenvalue weighted by Gasteiger charge is -2.00. The van der Waals surface area contributed by atoms with E-state index in [2.05, 4.69) is 0 Å². The third-order valence-electron chi connectivity index (χ3n) is 1.41. The van der Waals surface area contributed by atoms with Crippen LogP contribution in [0.3, 0.4) is 0 Å². The summed E-state index contributed by atoms with van der Waals surface area (Å²) in [6, 6.07) is 1.29. The lowest BCUT2D eigenvalue weighted by Crippen LogP contribution is -2.08. The Morgan fingerprint density at radius 1 is 1.75 bits per heavy atom. The van der Waals surface area contributed by atoms with E-state index in [1.807, 2.05) is 0 Å². The highest BCUT2D eigenvalue weighted by Gasteiger charge is 2.10. The molecule has 0 amide bonds. The summed E-state index contributed by atoms with van der Waals surface area (Å²) >= 11 is 5.54. The van der Waals surface area contributed by atoms with Gasteiger partial charge in [0, 0.05) is 6.20 Å². The summed E-state index contributed by atoms with van der Waals surface area (Å²) in [4.78, 5) is 10.5. The number of aromatic nitrogens is 1. The van der Waals surface area contributed by atoms with Crippen LogP contribution in [0.5, 0.6) is 0 Å². The molecule has 5 heteroatoms. The summed E-state index contributed by atoms with van der Waals surface area (Å²) in [6.07, 6.45) is 1.39. The van der Waals surface area contributed by atoms with Crippen molar-refractivity contribution >= 4 is 17.6 Å². The van der Waals surface area contributed by atoms with Gasteiger partial charge in [-0.25, -0.2) is 9.18 Å². The van der Waals surface area contributed by atoms with Gasteiger partial charge >= 0.3 is 5.97 Å². The van der Waals surface area contributed by atoms with E-state index in [1.165, 1.54) is 16.8 Å². The first kappa shape index (κ1) is 9.06. The number of nitrogens with zero attached hydrogens (tertiary/aromatic N) is 1. The van der Waals surface area contributed by atoms with Crippen molar-refractivity contribution < 1.29 is 14.3 Å². The highest BCUT2D eigenvalue weighted by Crippen LogP contribution is 2.13. The number of carboxylic acids is 1. The van der Waals surface area contributed by atoms with Crippen molar-refractivity contribution in [2.75, 3.05) is 6.67 Å². The van der Waals surface area contributed by atoms with Gasteiger partial charge < -0.3 is 9.67 Å². The first-order chi connectivity index (χ1) is 5.65. The molecule has 0 radical (unpaired) electrons. The molecule has 0 saturated heterocycles. The average molecular weight is 192 g/mol. The third-order valence-corrected chi connectivity index (χ3v) is 1.61. The maximum atomic E-state index is 11.9. The summed E-state index contributed by atoms with van der Waals surface area (Å²) < 4.78 is 13.1. The first-order valence-electron chi connectivity index (χ1n) is 3.30. The molecule has 12 heavy (non-hydrogen) atoms. The molecule has 0 spiro atoms. The van der Waals surface area contributed by atoms with E-state index < -0.39 is 12.6 Å². The van der Waals surface area contributed by atoms with Gasteiger partial charge in [-0.3, -0.25) is 0 Å². The first-order valence-corrected chi connectivity index (χ1v) is 3.68. The maximum Gasteiger partial charge on any atom is 0.352 e. The highest BCUT2D eigenvalue weighted by molar-refractivity contribution is 6.30. The van der Waals surface area contributed by atoms with Crippen molar-refractivity contribution in [2.45, 2.75) is 6.54 Å². The fraction of sp³-hybridized carbons (Fsp3) is 0.286. The van der Waals surface area contributed by atoms with Gasteiger partial charge in [0.05, 0.1) is 11.6 Å². The second-order valence-corrected chi connectivity index (χ2v) is 2.67. The summed E-state index contributed by atoms with van der Waals surface area (Å²) in [7, 11) is 0. The highest BCUT2D eigenvalue weighted by atomic mass is 35.5. The molecule has 0 atom stereocenters. The van der Waals surface area contributed by atoms with Crippen LogP contribution in [0, 0.1) is 0 Å². The van der Waals surface area contributed by atoms with Crippen molar-refractivity contribution in [1.29, 1.82) is 0 Å². The lowest BCUT2D eigenvalue weighted by molar-refractivity contribution is 0.0684. The minimum atomic E-state index is -1.10. The molecule has 0 aliphatic heterocycles. The fourth-order valence-corrected chi connectivity index (χ4v) is 1.15. The molecule has 66 valence electrons. The zero-order valence-corrected chi connectivity index (χ0v) is 6.88. The van der Waals surface area contributed by atoms with Gasteiger partial charge in [-0.05, 0) is 6.07 Å². The molecule has 0 aromatic carbocycles. The molecule has 0 saturated carbocycles. The number of carboxylic acid groups (broad SMARTS) is 1. The molecule has 0 aliphatic rings. The SMILES string of the molecule is O=C(O)c1cc(Cl)cn1CCF. The van der Waals surface area contributed by atoms with E-state index in [0.29, 0.717) is 5.02 Å². The molecular formula is C7H7ClFNO2. The molecule has 0 bridgehead atoms. The normalized spacial score (nSPS) is 10.2. The van der Waals surface area contributed by atoms with Gasteiger partial charge in [-0.2, -0.15) is 0 Å². The predicted octanol–water partition coefficient (Wildman–Crippen LogP) is 1.81. The van der Waals surface area contributed by atoms with E-state index in [0.717, 1.165) is 0 Å². The standard InChI is InChI=1S/C7H7ClFNO2/c8-5-3-6(7(11)12)10(4-5)2-1-9/h3-4H,1-2H2,(H,11,12). The molecule has 0 unspecified atom stereocenters. The van der Waals surface area contributed by atoms with Crippen LogP contribution < -0.4 is 0 Å². The molecule has 0 fully saturated rings. The van der Waals surface area contributed by atoms with E-state index in [9.17, 15) is 9.18 Å². The van der Waals surface area contributed by atoms with Crippen molar-refractivity contribution in [3.8, 4) is 0 Å². The Kier molecular flexibility index (Phi) is 2.70. The zero-order chi connectivity index (χ0) is 9.14. The van der Waals surface area contributed by atoms with E-state index in [-0.39, 0.29) is 12.2 Å². The summed E-state index contributed by atoms with van der Waals surface area (Å²) in [5.41, 5.74) is 0.0117. The van der Waals surface area contributed by atoms with Gasteiger partial charge in [0.2, 0.25) is 0 Å². The number of halogens is 2. The summed E-state index contributed by atoms with van der Waals surface area (Å²) in [5.74, 6) is -1.10. The number of rotatable bonds is 3. The predicted molar refractivity (Wildman–Crippen MR) is 42.4 cm³/mol. The number of hydrogen-bond donors (Lipinski definition) is 1. The molecule has 1 aromatic heterocycles. The Morgan fingerprint density at radius 2 is 2.42 bits per heavy atom. The van der Waals surface area contributed by atoms with Crippen molar-refractivity contribution in [2.24, 2.45) is 0 Å². The molecule has 3 nitrogen and oxygen atoms in total. The zero-order valence-electron chi connectivity index (χ0n) is 6.13. The fourth-order valence-electron chi connectivity index (χ4n) is 0.930. The van der Waals surface area contributed by atoms with Crippen LogP contribution in [0.4, 0.5) is 4.39 Å². The minimum absolute atomic E-state index is 0.0117. The molecule has 0 aliphatic carbocycles. The van der Waals surface area contributed by atoms with E-state index in [1.54, 1.807) is 0 Å². The second-order valence-electron chi connectivity index (χ2n) is 2.23. The number of hydrogen-bond acceptors (Lipinski definition) is 1. The molecular weight excluding hydrogens is 185 g/mol. The second kappa shape index (κ2) is 3.58. The molecule has 1 rings (SSSR count). The minimum Gasteiger partial charge on any atom is -0.477 e. The van der Waals surface area contributed by atoms with Gasteiger partial charge in [0.15, 0.2) is 0 Å². The maximum absolute atomic E-state index is 11.9. The Balaban J connectivity index is 2.99. The molecule has 1 aromatic rings. The van der Waals surface area contributed by atoms with Crippen LogP contribution in [0.2, 0.25) is 5.02 Å². The molecule has 1 heterocycles. The number of aryl methyl sites for hydroxylation is 1. The largest absolute Gasteiger partial charge is 0.477 e. The number of carbonyl (C=O) groups is 1. The van der Waals surface area contributed by atoms with Crippen LogP contribution in [0.1, 0.15) is 10.5 Å². The Bertz CT molecular complexity index is 298. The van der Waals surface area contributed by atoms with Gasteiger partial charge in [0.1, 0.15) is 12.4 Å². The van der Waals surface area contributed by atoms with Crippen molar-refractivity contribution in [3.05, 3.63) is 23.0 Å². The number of alkyl halides is 1. The van der Waals surface area contributed by atoms with E-state index >= 15 is 0 Å². The van der Waals surface area contributed by atoms with Crippen LogP contribution in [0.15, 0.2) is 12.3 Å². The average Bonchev–Trinajstić information content (AvgIpc) is 2.32.